The van der Waals surface area contributed by atoms with Crippen molar-refractivity contribution in [3.8, 4) is 5.75 Å². The second-order valence-electron chi connectivity index (χ2n) is 6.01. The molecule has 0 atom stereocenters. The summed E-state index contributed by atoms with van der Waals surface area (Å²) in [5, 5.41) is 2.62. The fourth-order valence-corrected chi connectivity index (χ4v) is 2.36. The van der Waals surface area contributed by atoms with Crippen molar-refractivity contribution in [1.82, 2.24) is 5.32 Å². The number of benzene rings is 2. The second-order valence-corrected chi connectivity index (χ2v) is 6.01. The topological polar surface area (TPSA) is 64.6 Å². The maximum Gasteiger partial charge on any atom is 0.416 e. The van der Waals surface area contributed by atoms with Gasteiger partial charge in [-0.1, -0.05) is 24.3 Å². The highest BCUT2D eigenvalue weighted by molar-refractivity contribution is 5.89. The molecule has 0 aliphatic rings. The van der Waals surface area contributed by atoms with Gasteiger partial charge in [-0.25, -0.2) is 4.79 Å². The van der Waals surface area contributed by atoms with Crippen molar-refractivity contribution in [2.24, 2.45) is 0 Å². The number of methoxy groups -OCH3 is 1. The smallest absolute Gasteiger partial charge is 0.416 e. The Morgan fingerprint density at radius 1 is 1.10 bits per heavy atom. The fourth-order valence-electron chi connectivity index (χ4n) is 2.36. The summed E-state index contributed by atoms with van der Waals surface area (Å²) in [4.78, 5) is 23.3. The third-order valence-corrected chi connectivity index (χ3v) is 3.87. The van der Waals surface area contributed by atoms with Gasteiger partial charge in [0.2, 0.25) is 0 Å². The van der Waals surface area contributed by atoms with E-state index in [9.17, 15) is 22.8 Å². The molecule has 0 aliphatic carbocycles. The lowest BCUT2D eigenvalue weighted by Gasteiger charge is -2.07. The summed E-state index contributed by atoms with van der Waals surface area (Å²) in [5.74, 6) is -0.560. The Kier molecular flexibility index (Phi) is 7.82. The first-order valence-corrected chi connectivity index (χ1v) is 8.69. The maximum atomic E-state index is 12.7. The molecule has 0 aromatic heterocycles. The first kappa shape index (κ1) is 22.0. The Bertz CT molecular complexity index is 861. The monoisotopic (exact) mass is 407 g/mol. The van der Waals surface area contributed by atoms with Gasteiger partial charge in [-0.2, -0.15) is 13.2 Å². The molecule has 0 radical (unpaired) electrons. The van der Waals surface area contributed by atoms with Crippen molar-refractivity contribution < 1.29 is 32.2 Å². The maximum absolute atomic E-state index is 12.7. The van der Waals surface area contributed by atoms with Crippen LogP contribution in [0.2, 0.25) is 0 Å². The largest absolute Gasteiger partial charge is 0.497 e. The van der Waals surface area contributed by atoms with E-state index in [1.807, 2.05) is 24.3 Å². The average Bonchev–Trinajstić information content (AvgIpc) is 2.71. The molecule has 0 saturated carbocycles. The lowest BCUT2D eigenvalue weighted by atomic mass is 10.1. The van der Waals surface area contributed by atoms with Gasteiger partial charge in [-0.15, -0.1) is 0 Å². The van der Waals surface area contributed by atoms with Crippen LogP contribution in [0.25, 0.3) is 6.08 Å². The van der Waals surface area contributed by atoms with E-state index in [4.69, 9.17) is 9.47 Å². The first-order chi connectivity index (χ1) is 13.8. The van der Waals surface area contributed by atoms with Crippen LogP contribution < -0.4 is 10.1 Å². The van der Waals surface area contributed by atoms with Crippen LogP contribution in [-0.2, 0) is 26.9 Å². The van der Waals surface area contributed by atoms with Crippen molar-refractivity contribution in [3.05, 3.63) is 71.3 Å². The molecule has 8 heteroatoms. The molecule has 0 unspecified atom stereocenters. The minimum atomic E-state index is -4.46. The summed E-state index contributed by atoms with van der Waals surface area (Å²) >= 11 is 0. The standard InChI is InChI=1S/C21H20F3NO4/c1-28-18-8-5-15(6-9-18)11-12-25-19(26)14-29-20(27)10-7-16-3-2-4-17(13-16)21(22,23)24/h2-10,13H,11-12,14H2,1H3,(H,25,26)/b10-7+. The van der Waals surface area contributed by atoms with Crippen molar-refractivity contribution in [2.75, 3.05) is 20.3 Å². The van der Waals surface area contributed by atoms with Gasteiger partial charge in [0.05, 0.1) is 12.7 Å². The molecular formula is C21H20F3NO4. The van der Waals surface area contributed by atoms with Crippen molar-refractivity contribution in [2.45, 2.75) is 12.6 Å². The van der Waals surface area contributed by atoms with E-state index in [1.54, 1.807) is 7.11 Å². The van der Waals surface area contributed by atoms with E-state index < -0.39 is 30.2 Å². The van der Waals surface area contributed by atoms with Gasteiger partial charge in [0.25, 0.3) is 5.91 Å². The van der Waals surface area contributed by atoms with Crippen molar-refractivity contribution in [1.29, 1.82) is 0 Å². The number of nitrogens with one attached hydrogen (secondary N) is 1. The number of esters is 1. The van der Waals surface area contributed by atoms with Crippen LogP contribution in [0, 0.1) is 0 Å². The SMILES string of the molecule is COc1ccc(CCNC(=O)COC(=O)/C=C/c2cccc(C(F)(F)F)c2)cc1. The van der Waals surface area contributed by atoms with E-state index >= 15 is 0 Å². The van der Waals surface area contributed by atoms with E-state index in [0.717, 1.165) is 29.5 Å². The van der Waals surface area contributed by atoms with Gasteiger partial charge in [0.15, 0.2) is 6.61 Å². The van der Waals surface area contributed by atoms with E-state index in [1.165, 1.54) is 18.2 Å². The third-order valence-electron chi connectivity index (χ3n) is 3.87. The number of hydrogen-bond donors (Lipinski definition) is 1. The highest BCUT2D eigenvalue weighted by Gasteiger charge is 2.30. The molecule has 0 spiro atoms. The van der Waals surface area contributed by atoms with E-state index in [0.29, 0.717) is 13.0 Å². The lowest BCUT2D eigenvalue weighted by Crippen LogP contribution is -2.30. The molecule has 0 aliphatic heterocycles. The molecule has 0 bridgehead atoms. The highest BCUT2D eigenvalue weighted by atomic mass is 19.4. The Morgan fingerprint density at radius 2 is 1.83 bits per heavy atom. The average molecular weight is 407 g/mol. The van der Waals surface area contributed by atoms with Crippen molar-refractivity contribution >= 4 is 18.0 Å². The Morgan fingerprint density at radius 3 is 2.48 bits per heavy atom. The molecule has 0 saturated heterocycles. The molecule has 2 aromatic rings. The van der Waals surface area contributed by atoms with Gasteiger partial charge >= 0.3 is 12.1 Å². The molecule has 5 nitrogen and oxygen atoms in total. The van der Waals surface area contributed by atoms with Gasteiger partial charge < -0.3 is 14.8 Å². The first-order valence-electron chi connectivity index (χ1n) is 8.69. The summed E-state index contributed by atoms with van der Waals surface area (Å²) in [6.07, 6.45) is -1.70. The molecule has 29 heavy (non-hydrogen) atoms. The zero-order valence-corrected chi connectivity index (χ0v) is 15.7. The summed E-state index contributed by atoms with van der Waals surface area (Å²) < 4.78 is 47.8. The Labute approximate surface area is 166 Å². The quantitative estimate of drug-likeness (QED) is 0.536. The number of carbonyl (C=O) groups is 2. The molecule has 0 fully saturated rings. The number of ether oxygens (including phenoxy) is 2. The number of alkyl halides is 3. The van der Waals surface area contributed by atoms with Crippen molar-refractivity contribution in [3.63, 3.8) is 0 Å². The zero-order valence-electron chi connectivity index (χ0n) is 15.7. The van der Waals surface area contributed by atoms with Crippen LogP contribution in [0.1, 0.15) is 16.7 Å². The lowest BCUT2D eigenvalue weighted by molar-refractivity contribution is -0.143. The second kappa shape index (κ2) is 10.3. The molecule has 154 valence electrons. The summed E-state index contributed by atoms with van der Waals surface area (Å²) in [5.41, 5.74) is 0.386. The van der Waals surface area contributed by atoms with Crippen LogP contribution in [0.15, 0.2) is 54.6 Å². The van der Waals surface area contributed by atoms with Gasteiger partial charge in [0, 0.05) is 12.6 Å². The molecule has 2 rings (SSSR count). The van der Waals surface area contributed by atoms with E-state index in [2.05, 4.69) is 5.32 Å². The number of rotatable bonds is 8. The van der Waals surface area contributed by atoms with Crippen LogP contribution in [-0.4, -0.2) is 32.1 Å². The van der Waals surface area contributed by atoms with Crippen LogP contribution in [0.5, 0.6) is 5.75 Å². The summed E-state index contributed by atoms with van der Waals surface area (Å²) in [7, 11) is 1.57. The minimum absolute atomic E-state index is 0.195. The number of halogens is 3. The summed E-state index contributed by atoms with van der Waals surface area (Å²) in [6, 6.07) is 11.9. The summed E-state index contributed by atoms with van der Waals surface area (Å²) in [6.45, 7) is -0.114. The molecule has 2 aromatic carbocycles. The predicted octanol–water partition coefficient (Wildman–Crippen LogP) is 3.63. The van der Waals surface area contributed by atoms with Gasteiger partial charge in [-0.3, -0.25) is 4.79 Å². The van der Waals surface area contributed by atoms with Crippen LogP contribution in [0.3, 0.4) is 0 Å². The molecule has 1 amide bonds. The normalized spacial score (nSPS) is 11.3. The van der Waals surface area contributed by atoms with Gasteiger partial charge in [-0.05, 0) is 47.9 Å². The van der Waals surface area contributed by atoms with E-state index in [-0.39, 0.29) is 5.56 Å². The number of carbonyl (C=O) groups excluding carboxylic acids is 2. The van der Waals surface area contributed by atoms with Crippen LogP contribution >= 0.6 is 0 Å². The predicted molar refractivity (Wildman–Crippen MR) is 101 cm³/mol. The number of amides is 1. The Hall–Kier alpha value is -3.29. The fraction of sp³-hybridized carbons (Fsp3) is 0.238. The minimum Gasteiger partial charge on any atom is -0.497 e. The highest BCUT2D eigenvalue weighted by Crippen LogP contribution is 2.29. The molecular weight excluding hydrogens is 387 g/mol. The third kappa shape index (κ3) is 7.69. The number of hydrogen-bond acceptors (Lipinski definition) is 4. The van der Waals surface area contributed by atoms with Gasteiger partial charge in [0.1, 0.15) is 5.75 Å². The Balaban J connectivity index is 1.72. The van der Waals surface area contributed by atoms with Crippen LogP contribution in [0.4, 0.5) is 13.2 Å². The zero-order chi connectivity index (χ0) is 21.3. The molecule has 0 heterocycles. The molecule has 1 N–H and O–H groups in total.